The van der Waals surface area contributed by atoms with Crippen molar-refractivity contribution in [2.75, 3.05) is 81.8 Å². The molecule has 3 aromatic carbocycles. The van der Waals surface area contributed by atoms with E-state index in [1.807, 2.05) is 12.1 Å². The standard InChI is InChI=1S/C49H56BrF3N11O5P/c1-6-29-24-36(57-47-55-27-34(50)45(59-47)56-37-28-54-35-11-10-31(49(51,52)53)25-33(35)44(37)70(4,5)68)41(69-3)26-40(29)63-18-15-32(16-19-63)62-22-20-61(21-23-62)17-14-30-8-7-9-38-43(30)60(2)48(67)64(38)39-12-13-42(65)58-46(39)66/h7-11,24-28,32,39H,6,12-23H2,1-5H3,(H,58,65,66)(H2,55,56,57,59). The molecule has 0 saturated carbocycles. The van der Waals surface area contributed by atoms with Gasteiger partial charge in [-0.25, -0.2) is 9.78 Å². The molecule has 21 heteroatoms. The van der Waals surface area contributed by atoms with Crippen molar-refractivity contribution < 1.29 is 32.1 Å². The van der Waals surface area contributed by atoms with Gasteiger partial charge in [0.25, 0.3) is 0 Å². The lowest BCUT2D eigenvalue weighted by Crippen LogP contribution is -2.53. The van der Waals surface area contributed by atoms with Gasteiger partial charge in [-0.3, -0.25) is 33.9 Å². The lowest BCUT2D eigenvalue weighted by molar-refractivity contribution is -0.138. The molecule has 6 aromatic rings. The van der Waals surface area contributed by atoms with Crippen LogP contribution in [0, 0.1) is 0 Å². The van der Waals surface area contributed by atoms with E-state index in [0.717, 1.165) is 106 Å². The number of hydrogen-bond acceptors (Lipinski definition) is 13. The minimum atomic E-state index is -4.59. The normalized spacial score (nSPS) is 17.9. The summed E-state index contributed by atoms with van der Waals surface area (Å²) in [4.78, 5) is 59.1. The maximum absolute atomic E-state index is 13.7. The summed E-state index contributed by atoms with van der Waals surface area (Å²) in [6, 6.07) is 13.0. The van der Waals surface area contributed by atoms with E-state index in [-0.39, 0.29) is 40.3 Å². The third-order valence-corrected chi connectivity index (χ3v) is 16.0. The number of benzene rings is 3. The van der Waals surface area contributed by atoms with E-state index in [1.54, 1.807) is 29.5 Å². The molecule has 16 nitrogen and oxygen atoms in total. The Labute approximate surface area is 411 Å². The molecule has 2 amide bonds. The Hall–Kier alpha value is -5.82. The summed E-state index contributed by atoms with van der Waals surface area (Å²) in [5.74, 6) is 0.387. The second kappa shape index (κ2) is 19.8. The van der Waals surface area contributed by atoms with Crippen molar-refractivity contribution in [1.82, 2.24) is 39.2 Å². The topological polar surface area (TPSA) is 172 Å². The number of nitrogens with zero attached hydrogens (tertiary/aromatic N) is 8. The lowest BCUT2D eigenvalue weighted by atomic mass is 9.99. The van der Waals surface area contributed by atoms with Crippen molar-refractivity contribution in [2.24, 2.45) is 7.05 Å². The number of para-hydroxylation sites is 1. The molecule has 0 radical (unpaired) electrons. The van der Waals surface area contributed by atoms with Crippen molar-refractivity contribution >= 4 is 91.0 Å². The molecule has 1 unspecified atom stereocenters. The summed E-state index contributed by atoms with van der Waals surface area (Å²) < 4.78 is 64.5. The first-order valence-electron chi connectivity index (χ1n) is 23.5. The molecular weight excluding hydrogens is 990 g/mol. The van der Waals surface area contributed by atoms with E-state index in [4.69, 9.17) is 9.72 Å². The van der Waals surface area contributed by atoms with Crippen LogP contribution in [0.4, 0.5) is 42.0 Å². The number of anilines is 5. The maximum Gasteiger partial charge on any atom is 0.416 e. The summed E-state index contributed by atoms with van der Waals surface area (Å²) in [6.07, 6.45) is 2.51. The molecule has 0 aliphatic carbocycles. The Balaban J connectivity index is 0.828. The molecule has 0 bridgehead atoms. The molecule has 3 aliphatic heterocycles. The number of piperazine rings is 1. The van der Waals surface area contributed by atoms with Crippen LogP contribution in [0.3, 0.4) is 0 Å². The second-order valence-electron chi connectivity index (χ2n) is 18.6. The minimum absolute atomic E-state index is 0.148. The molecular formula is C49H56BrF3N11O5P. The fraction of sp³-hybridized carbons (Fsp3) is 0.429. The average Bonchev–Trinajstić information content (AvgIpc) is 3.59. The Kier molecular flexibility index (Phi) is 13.9. The Bertz CT molecular complexity index is 3110. The van der Waals surface area contributed by atoms with E-state index in [0.29, 0.717) is 45.2 Å². The number of alkyl halides is 3. The largest absolute Gasteiger partial charge is 0.494 e. The van der Waals surface area contributed by atoms with Gasteiger partial charge < -0.3 is 29.7 Å². The smallest absolute Gasteiger partial charge is 0.416 e. The zero-order chi connectivity index (χ0) is 49.6. The highest BCUT2D eigenvalue weighted by molar-refractivity contribution is 9.10. The molecule has 3 aliphatic rings. The van der Waals surface area contributed by atoms with Gasteiger partial charge in [-0.15, -0.1) is 0 Å². The fourth-order valence-electron chi connectivity index (χ4n) is 10.3. The number of ether oxygens (including phenoxy) is 1. The van der Waals surface area contributed by atoms with Crippen LogP contribution in [-0.4, -0.2) is 118 Å². The molecule has 3 N–H and O–H groups in total. The minimum Gasteiger partial charge on any atom is -0.494 e. The molecule has 0 spiro atoms. The quantitative estimate of drug-likeness (QED) is 0.0765. The van der Waals surface area contributed by atoms with Crippen LogP contribution in [0.5, 0.6) is 5.75 Å². The van der Waals surface area contributed by atoms with Crippen molar-refractivity contribution in [2.45, 2.75) is 63.7 Å². The van der Waals surface area contributed by atoms with Gasteiger partial charge in [0.15, 0.2) is 0 Å². The highest BCUT2D eigenvalue weighted by Gasteiger charge is 2.34. The van der Waals surface area contributed by atoms with Gasteiger partial charge in [0.2, 0.25) is 17.8 Å². The first kappa shape index (κ1) is 49.2. The molecule has 70 heavy (non-hydrogen) atoms. The lowest BCUT2D eigenvalue weighted by Gasteiger charge is -2.43. The zero-order valence-electron chi connectivity index (χ0n) is 39.7. The van der Waals surface area contributed by atoms with Crippen molar-refractivity contribution in [3.8, 4) is 5.75 Å². The summed E-state index contributed by atoms with van der Waals surface area (Å²) in [5, 5.41) is 9.24. The Morgan fingerprint density at radius 3 is 2.36 bits per heavy atom. The van der Waals surface area contributed by atoms with E-state index >= 15 is 0 Å². The summed E-state index contributed by atoms with van der Waals surface area (Å²) in [5.41, 5.74) is 4.95. The number of nitrogens with one attached hydrogen (secondary N) is 3. The van der Waals surface area contributed by atoms with E-state index < -0.39 is 30.8 Å². The predicted molar refractivity (Wildman–Crippen MR) is 270 cm³/mol. The Morgan fingerprint density at radius 1 is 0.914 bits per heavy atom. The van der Waals surface area contributed by atoms with Crippen LogP contribution in [0.25, 0.3) is 21.9 Å². The highest BCUT2D eigenvalue weighted by Crippen LogP contribution is 2.43. The van der Waals surface area contributed by atoms with Gasteiger partial charge in [-0.1, -0.05) is 19.1 Å². The number of fused-ring (bicyclic) bond motifs is 2. The summed E-state index contributed by atoms with van der Waals surface area (Å²) in [6.45, 7) is 11.6. The molecule has 1 atom stereocenters. The van der Waals surface area contributed by atoms with Gasteiger partial charge in [0.05, 0.1) is 51.3 Å². The van der Waals surface area contributed by atoms with Crippen molar-refractivity contribution in [3.63, 3.8) is 0 Å². The number of pyridine rings is 1. The monoisotopic (exact) mass is 1050 g/mol. The van der Waals surface area contributed by atoms with Gasteiger partial charge in [0, 0.05) is 94.0 Å². The summed E-state index contributed by atoms with van der Waals surface area (Å²) in [7, 11) is 0.209. The van der Waals surface area contributed by atoms with E-state index in [1.165, 1.54) is 25.6 Å². The molecule has 370 valence electrons. The number of carbonyl (C=O) groups is 2. The van der Waals surface area contributed by atoms with Gasteiger partial charge in [-0.05, 0) is 103 Å². The number of carbonyl (C=O) groups excluding carboxylic acids is 2. The first-order chi connectivity index (χ1) is 33.4. The average molecular weight is 1050 g/mol. The zero-order valence-corrected chi connectivity index (χ0v) is 42.2. The number of imidazole rings is 1. The third kappa shape index (κ3) is 9.92. The van der Waals surface area contributed by atoms with E-state index in [2.05, 4.69) is 81.7 Å². The van der Waals surface area contributed by atoms with E-state index in [9.17, 15) is 32.1 Å². The third-order valence-electron chi connectivity index (χ3n) is 13.9. The van der Waals surface area contributed by atoms with Crippen LogP contribution in [0.1, 0.15) is 55.3 Å². The number of rotatable bonds is 13. The summed E-state index contributed by atoms with van der Waals surface area (Å²) >= 11 is 3.50. The highest BCUT2D eigenvalue weighted by atomic mass is 79.9. The predicted octanol–water partition coefficient (Wildman–Crippen LogP) is 7.57. The SMILES string of the molecule is CCc1cc(Nc2ncc(Br)c(Nc3cnc4ccc(C(F)(F)F)cc4c3P(C)(C)=O)n2)c(OC)cc1N1CCC(N2CCN(CCc3cccc4c3n(C)c(=O)n4C3CCC(=O)NC3=O)CC2)CC1. The van der Waals surface area contributed by atoms with Crippen LogP contribution in [0.2, 0.25) is 0 Å². The van der Waals surface area contributed by atoms with Crippen molar-refractivity contribution in [1.29, 1.82) is 0 Å². The number of halogens is 4. The van der Waals surface area contributed by atoms with Crippen LogP contribution < -0.4 is 36.6 Å². The number of imide groups is 1. The van der Waals surface area contributed by atoms with Gasteiger partial charge in [0.1, 0.15) is 24.8 Å². The fourth-order valence-corrected chi connectivity index (χ4v) is 12.0. The Morgan fingerprint density at radius 2 is 1.67 bits per heavy atom. The first-order valence-corrected chi connectivity index (χ1v) is 26.9. The van der Waals surface area contributed by atoms with Crippen LogP contribution in [-0.2, 0) is 40.2 Å². The van der Waals surface area contributed by atoms with Gasteiger partial charge >= 0.3 is 11.9 Å². The number of amides is 2. The maximum atomic E-state index is 13.7. The second-order valence-corrected chi connectivity index (χ2v) is 22.6. The molecule has 3 fully saturated rings. The van der Waals surface area contributed by atoms with Crippen LogP contribution >= 0.6 is 23.1 Å². The molecule has 3 saturated heterocycles. The molecule has 3 aromatic heterocycles. The van der Waals surface area contributed by atoms with Gasteiger partial charge in [-0.2, -0.15) is 18.2 Å². The molecule has 9 rings (SSSR count). The molecule has 6 heterocycles. The number of hydrogen-bond donors (Lipinski definition) is 3. The van der Waals surface area contributed by atoms with Crippen molar-refractivity contribution in [3.05, 3.63) is 92.6 Å². The number of piperidine rings is 2. The van der Waals surface area contributed by atoms with Crippen LogP contribution in [0.15, 0.2) is 70.2 Å². The number of aromatic nitrogens is 5. The number of methoxy groups -OCH3 is 1. The number of aryl methyl sites for hydroxylation is 2.